The van der Waals surface area contributed by atoms with Crippen LogP contribution in [0, 0.1) is 11.3 Å². The van der Waals surface area contributed by atoms with Crippen molar-refractivity contribution in [3.63, 3.8) is 0 Å². The van der Waals surface area contributed by atoms with Crippen LogP contribution in [-0.4, -0.2) is 13.4 Å². The third-order valence-electron chi connectivity index (χ3n) is 4.14. The van der Waals surface area contributed by atoms with Crippen LogP contribution in [0.2, 0.25) is 5.02 Å². The van der Waals surface area contributed by atoms with Gasteiger partial charge in [-0.3, -0.25) is 0 Å². The molecule has 148 valence electrons. The van der Waals surface area contributed by atoms with Gasteiger partial charge in [0.1, 0.15) is 21.7 Å². The number of hydrogen-bond acceptors (Lipinski definition) is 6. The summed E-state index contributed by atoms with van der Waals surface area (Å²) in [5.41, 5.74) is 2.00. The third kappa shape index (κ3) is 4.36. The number of para-hydroxylation sites is 1. The van der Waals surface area contributed by atoms with E-state index in [1.54, 1.807) is 18.2 Å². The van der Waals surface area contributed by atoms with Crippen molar-refractivity contribution in [3.8, 4) is 11.8 Å². The van der Waals surface area contributed by atoms with Gasteiger partial charge in [0.05, 0.1) is 15.8 Å². The summed E-state index contributed by atoms with van der Waals surface area (Å²) in [6, 6.07) is 22.0. The van der Waals surface area contributed by atoms with Gasteiger partial charge in [0, 0.05) is 5.02 Å². The summed E-state index contributed by atoms with van der Waals surface area (Å²) >= 11 is 7.24. The number of benzene rings is 3. The van der Waals surface area contributed by atoms with Crippen molar-refractivity contribution in [3.05, 3.63) is 88.4 Å². The van der Waals surface area contributed by atoms with E-state index in [2.05, 4.69) is 11.1 Å². The highest BCUT2D eigenvalue weighted by Crippen LogP contribution is 2.28. The molecule has 0 saturated heterocycles. The maximum Gasteiger partial charge on any atom is 0.339 e. The minimum absolute atomic E-state index is 0.0125. The minimum atomic E-state index is -3.96. The molecule has 0 saturated carbocycles. The van der Waals surface area contributed by atoms with Crippen molar-refractivity contribution in [2.75, 3.05) is 0 Å². The second-order valence-electron chi connectivity index (χ2n) is 6.22. The fourth-order valence-electron chi connectivity index (χ4n) is 2.69. The van der Waals surface area contributed by atoms with E-state index in [0.717, 1.165) is 15.8 Å². The van der Waals surface area contributed by atoms with Crippen LogP contribution < -0.4 is 4.18 Å². The number of thiazole rings is 1. The van der Waals surface area contributed by atoms with E-state index < -0.39 is 10.1 Å². The Morgan fingerprint density at radius 2 is 1.73 bits per heavy atom. The van der Waals surface area contributed by atoms with E-state index in [-0.39, 0.29) is 10.6 Å². The fraction of sp³-hybridized carbons (Fsp3) is 0. The molecule has 0 aliphatic rings. The fourth-order valence-corrected chi connectivity index (χ4v) is 4.68. The summed E-state index contributed by atoms with van der Waals surface area (Å²) in [6.07, 6.45) is 1.70. The number of rotatable bonds is 5. The van der Waals surface area contributed by atoms with Crippen LogP contribution in [0.25, 0.3) is 21.9 Å². The average Bonchev–Trinajstić information content (AvgIpc) is 3.17. The van der Waals surface area contributed by atoms with Crippen LogP contribution in [0.4, 0.5) is 0 Å². The van der Waals surface area contributed by atoms with Crippen molar-refractivity contribution >= 4 is 54.9 Å². The lowest BCUT2D eigenvalue weighted by atomic mass is 10.1. The van der Waals surface area contributed by atoms with Gasteiger partial charge < -0.3 is 4.18 Å². The normalized spacial score (nSPS) is 11.9. The summed E-state index contributed by atoms with van der Waals surface area (Å²) in [6.45, 7) is 0. The van der Waals surface area contributed by atoms with Crippen molar-refractivity contribution in [2.24, 2.45) is 0 Å². The molecule has 0 bridgehead atoms. The maximum atomic E-state index is 12.4. The van der Waals surface area contributed by atoms with Crippen molar-refractivity contribution in [1.29, 1.82) is 5.26 Å². The van der Waals surface area contributed by atoms with E-state index in [9.17, 15) is 13.7 Å². The Kier molecular flexibility index (Phi) is 5.55. The third-order valence-corrected chi connectivity index (χ3v) is 6.73. The van der Waals surface area contributed by atoms with Gasteiger partial charge in [-0.05, 0) is 60.2 Å². The second-order valence-corrected chi connectivity index (χ2v) is 9.23. The largest absolute Gasteiger partial charge is 0.379 e. The van der Waals surface area contributed by atoms with Gasteiger partial charge in [-0.25, -0.2) is 4.98 Å². The number of halogens is 1. The van der Waals surface area contributed by atoms with Crippen LogP contribution in [0.15, 0.2) is 77.7 Å². The molecule has 3 aromatic carbocycles. The Bertz CT molecular complexity index is 1350. The standard InChI is InChI=1S/C22H13ClN2O3S2/c23-17-7-11-19(12-8-17)30(26,27)28-18-9-5-15(6-10-18)13-16(14-24)22-25-20-3-1-2-4-21(20)29-22/h1-13H/b16-13+. The van der Waals surface area contributed by atoms with Gasteiger partial charge in [0.2, 0.25) is 0 Å². The Labute approximate surface area is 182 Å². The molecule has 0 spiro atoms. The second kappa shape index (κ2) is 8.28. The molecular weight excluding hydrogens is 440 g/mol. The van der Waals surface area contributed by atoms with Gasteiger partial charge in [0.25, 0.3) is 0 Å². The monoisotopic (exact) mass is 452 g/mol. The van der Waals surface area contributed by atoms with Crippen LogP contribution in [-0.2, 0) is 10.1 Å². The number of nitrogens with zero attached hydrogens (tertiary/aromatic N) is 2. The molecule has 0 amide bonds. The van der Waals surface area contributed by atoms with Crippen molar-refractivity contribution in [2.45, 2.75) is 4.90 Å². The zero-order valence-electron chi connectivity index (χ0n) is 15.3. The molecule has 0 atom stereocenters. The smallest absolute Gasteiger partial charge is 0.339 e. The molecule has 1 aromatic heterocycles. The van der Waals surface area contributed by atoms with Gasteiger partial charge in [-0.2, -0.15) is 13.7 Å². The predicted molar refractivity (Wildman–Crippen MR) is 119 cm³/mol. The Morgan fingerprint density at radius 3 is 2.40 bits per heavy atom. The van der Waals surface area contributed by atoms with E-state index in [4.69, 9.17) is 15.8 Å². The number of allylic oxidation sites excluding steroid dienone is 1. The lowest BCUT2D eigenvalue weighted by Gasteiger charge is -2.07. The highest BCUT2D eigenvalue weighted by atomic mass is 35.5. The Hall–Kier alpha value is -3.18. The Morgan fingerprint density at radius 1 is 1.03 bits per heavy atom. The number of fused-ring (bicyclic) bond motifs is 1. The lowest BCUT2D eigenvalue weighted by Crippen LogP contribution is -2.09. The van der Waals surface area contributed by atoms with Gasteiger partial charge in [-0.15, -0.1) is 11.3 Å². The lowest BCUT2D eigenvalue weighted by molar-refractivity contribution is 0.486. The number of hydrogen-bond donors (Lipinski definition) is 0. The molecule has 0 unspecified atom stereocenters. The highest BCUT2D eigenvalue weighted by molar-refractivity contribution is 7.87. The van der Waals surface area contributed by atoms with Crippen molar-refractivity contribution < 1.29 is 12.6 Å². The first-order valence-corrected chi connectivity index (χ1v) is 11.3. The quantitative estimate of drug-likeness (QED) is 0.283. The highest BCUT2D eigenvalue weighted by Gasteiger charge is 2.16. The van der Waals surface area contributed by atoms with Gasteiger partial charge in [0.15, 0.2) is 0 Å². The SMILES string of the molecule is N#C/C(=C\c1ccc(OS(=O)(=O)c2ccc(Cl)cc2)cc1)c1nc2ccccc2s1. The molecule has 0 radical (unpaired) electrons. The van der Waals surface area contributed by atoms with Crippen LogP contribution in [0.3, 0.4) is 0 Å². The zero-order valence-corrected chi connectivity index (χ0v) is 17.7. The first-order chi connectivity index (χ1) is 14.4. The predicted octanol–water partition coefficient (Wildman–Crippen LogP) is 5.78. The molecule has 1 heterocycles. The minimum Gasteiger partial charge on any atom is -0.379 e. The summed E-state index contributed by atoms with van der Waals surface area (Å²) in [5.74, 6) is 0.167. The van der Waals surface area contributed by atoms with E-state index in [1.165, 1.54) is 47.7 Å². The maximum absolute atomic E-state index is 12.4. The van der Waals surface area contributed by atoms with E-state index in [1.807, 2.05) is 24.3 Å². The van der Waals surface area contributed by atoms with Crippen LogP contribution >= 0.6 is 22.9 Å². The molecule has 4 rings (SSSR count). The topological polar surface area (TPSA) is 80.0 Å². The summed E-state index contributed by atoms with van der Waals surface area (Å²) in [7, 11) is -3.96. The average molecular weight is 453 g/mol. The van der Waals surface area contributed by atoms with Crippen LogP contribution in [0.5, 0.6) is 5.75 Å². The molecule has 4 aromatic rings. The van der Waals surface area contributed by atoms with E-state index in [0.29, 0.717) is 15.6 Å². The molecule has 0 N–H and O–H groups in total. The first kappa shape index (κ1) is 20.1. The molecule has 5 nitrogen and oxygen atoms in total. The number of nitriles is 1. The molecule has 0 fully saturated rings. The van der Waals surface area contributed by atoms with Crippen molar-refractivity contribution in [1.82, 2.24) is 4.98 Å². The summed E-state index contributed by atoms with van der Waals surface area (Å²) in [4.78, 5) is 4.51. The van der Waals surface area contributed by atoms with Gasteiger partial charge in [-0.1, -0.05) is 35.9 Å². The van der Waals surface area contributed by atoms with Crippen LogP contribution in [0.1, 0.15) is 10.6 Å². The molecule has 8 heteroatoms. The Balaban J connectivity index is 1.56. The molecule has 0 aliphatic heterocycles. The molecule has 0 aliphatic carbocycles. The summed E-state index contributed by atoms with van der Waals surface area (Å²) < 4.78 is 30.9. The summed E-state index contributed by atoms with van der Waals surface area (Å²) in [5, 5.41) is 10.6. The molecular formula is C22H13ClN2O3S2. The van der Waals surface area contributed by atoms with Gasteiger partial charge >= 0.3 is 10.1 Å². The molecule has 30 heavy (non-hydrogen) atoms. The number of aromatic nitrogens is 1. The first-order valence-electron chi connectivity index (χ1n) is 8.72. The van der Waals surface area contributed by atoms with E-state index >= 15 is 0 Å². The zero-order chi connectivity index (χ0) is 21.1.